The molecule has 3 N–H and O–H groups in total. The molecule has 2 aromatic heterocycles. The Morgan fingerprint density at radius 3 is 2.79 bits per heavy atom. The highest BCUT2D eigenvalue weighted by Crippen LogP contribution is 2.37. The fourth-order valence-corrected chi connectivity index (χ4v) is 4.41. The number of hydrazine groups is 1. The number of thiophene rings is 2. The molecular weight excluding hydrogens is 303 g/mol. The van der Waals surface area contributed by atoms with Crippen LogP contribution in [0.25, 0.3) is 9.40 Å². The number of nitrogens with two attached hydrogens (primary N) is 1. The van der Waals surface area contributed by atoms with Crippen LogP contribution < -0.4 is 11.3 Å². The van der Waals surface area contributed by atoms with Crippen LogP contribution in [0.1, 0.15) is 16.5 Å². The average molecular weight is 313 g/mol. The molecule has 0 fully saturated rings. The van der Waals surface area contributed by atoms with Crippen molar-refractivity contribution in [3.8, 4) is 0 Å². The van der Waals surface area contributed by atoms with Crippen molar-refractivity contribution in [2.24, 2.45) is 5.84 Å². The maximum Gasteiger partial charge on any atom is 0.123 e. The number of nitrogens with one attached hydrogen (secondary N) is 1. The quantitative estimate of drug-likeness (QED) is 0.559. The summed E-state index contributed by atoms with van der Waals surface area (Å²) in [7, 11) is 0. The van der Waals surface area contributed by atoms with Gasteiger partial charge in [0, 0.05) is 19.3 Å². The standard InChI is InChI=1S/C13H10ClFN2S2/c14-9-2-1-7(15)5-8(9)13(17-16)12-6-11-10(19-12)3-4-18-11/h1-6,13,17H,16H2. The van der Waals surface area contributed by atoms with Gasteiger partial charge in [-0.25, -0.2) is 9.82 Å². The summed E-state index contributed by atoms with van der Waals surface area (Å²) in [6.07, 6.45) is 0. The Morgan fingerprint density at radius 1 is 1.21 bits per heavy atom. The average Bonchev–Trinajstić information content (AvgIpc) is 2.95. The second kappa shape index (κ2) is 5.19. The second-order valence-electron chi connectivity index (χ2n) is 4.06. The van der Waals surface area contributed by atoms with Gasteiger partial charge in [-0.05, 0) is 41.3 Å². The molecule has 0 aliphatic carbocycles. The zero-order valence-corrected chi connectivity index (χ0v) is 12.1. The first-order chi connectivity index (χ1) is 9.19. The minimum Gasteiger partial charge on any atom is -0.271 e. The molecule has 0 bridgehead atoms. The number of hydrogen-bond acceptors (Lipinski definition) is 4. The number of fused-ring (bicyclic) bond motifs is 1. The van der Waals surface area contributed by atoms with Crippen molar-refractivity contribution in [1.82, 2.24) is 5.43 Å². The van der Waals surface area contributed by atoms with Crippen LogP contribution in [-0.2, 0) is 0 Å². The van der Waals surface area contributed by atoms with Gasteiger partial charge >= 0.3 is 0 Å². The first-order valence-corrected chi connectivity index (χ1v) is 7.64. The lowest BCUT2D eigenvalue weighted by Gasteiger charge is -2.16. The third-order valence-electron chi connectivity index (χ3n) is 2.88. The summed E-state index contributed by atoms with van der Waals surface area (Å²) >= 11 is 9.44. The summed E-state index contributed by atoms with van der Waals surface area (Å²) < 4.78 is 15.8. The molecule has 2 nitrogen and oxygen atoms in total. The molecule has 0 radical (unpaired) electrons. The maximum atomic E-state index is 13.4. The highest BCUT2D eigenvalue weighted by atomic mass is 35.5. The third-order valence-corrected chi connectivity index (χ3v) is 5.38. The van der Waals surface area contributed by atoms with E-state index in [0.29, 0.717) is 10.6 Å². The van der Waals surface area contributed by atoms with Gasteiger partial charge in [0.15, 0.2) is 0 Å². The van der Waals surface area contributed by atoms with Crippen molar-refractivity contribution in [3.05, 3.63) is 57.0 Å². The lowest BCUT2D eigenvalue weighted by atomic mass is 10.1. The van der Waals surface area contributed by atoms with Crippen molar-refractivity contribution in [2.75, 3.05) is 0 Å². The van der Waals surface area contributed by atoms with E-state index in [1.165, 1.54) is 21.5 Å². The van der Waals surface area contributed by atoms with Crippen molar-refractivity contribution in [2.45, 2.75) is 6.04 Å². The summed E-state index contributed by atoms with van der Waals surface area (Å²) in [5.74, 6) is 5.30. The van der Waals surface area contributed by atoms with E-state index >= 15 is 0 Å². The highest BCUT2D eigenvalue weighted by Gasteiger charge is 2.19. The van der Waals surface area contributed by atoms with Crippen LogP contribution in [0.2, 0.25) is 5.02 Å². The molecule has 0 spiro atoms. The van der Waals surface area contributed by atoms with E-state index in [1.54, 1.807) is 28.7 Å². The van der Waals surface area contributed by atoms with Crippen LogP contribution >= 0.6 is 34.3 Å². The van der Waals surface area contributed by atoms with E-state index < -0.39 is 0 Å². The van der Waals surface area contributed by atoms with E-state index in [4.69, 9.17) is 17.4 Å². The Balaban J connectivity index is 2.09. The molecule has 3 aromatic rings. The zero-order valence-electron chi connectivity index (χ0n) is 9.69. The Labute approximate surface area is 122 Å². The van der Waals surface area contributed by atoms with Crippen LogP contribution in [0, 0.1) is 5.82 Å². The molecule has 3 rings (SSSR count). The van der Waals surface area contributed by atoms with E-state index in [1.807, 2.05) is 5.38 Å². The van der Waals surface area contributed by atoms with Crippen LogP contribution in [0.3, 0.4) is 0 Å². The third kappa shape index (κ3) is 2.40. The molecule has 98 valence electrons. The van der Waals surface area contributed by atoms with Gasteiger partial charge in [0.2, 0.25) is 0 Å². The number of hydrogen-bond donors (Lipinski definition) is 2. The van der Waals surface area contributed by atoms with Crippen molar-refractivity contribution in [3.63, 3.8) is 0 Å². The van der Waals surface area contributed by atoms with Gasteiger partial charge in [0.25, 0.3) is 0 Å². The lowest BCUT2D eigenvalue weighted by Crippen LogP contribution is -2.28. The number of benzene rings is 1. The molecule has 0 aliphatic rings. The fourth-order valence-electron chi connectivity index (χ4n) is 1.99. The van der Waals surface area contributed by atoms with Gasteiger partial charge in [0.1, 0.15) is 5.82 Å². The topological polar surface area (TPSA) is 38.0 Å². The zero-order chi connectivity index (χ0) is 13.4. The van der Waals surface area contributed by atoms with E-state index in [2.05, 4.69) is 17.6 Å². The van der Waals surface area contributed by atoms with Gasteiger partial charge < -0.3 is 0 Å². The first-order valence-electron chi connectivity index (χ1n) is 5.57. The summed E-state index contributed by atoms with van der Waals surface area (Å²) in [6.45, 7) is 0. The van der Waals surface area contributed by atoms with Crippen molar-refractivity contribution < 1.29 is 4.39 Å². The molecule has 0 saturated carbocycles. The predicted octanol–water partition coefficient (Wildman–Crippen LogP) is 4.31. The second-order valence-corrected chi connectivity index (χ2v) is 6.53. The molecule has 0 aliphatic heterocycles. The monoisotopic (exact) mass is 312 g/mol. The largest absolute Gasteiger partial charge is 0.271 e. The van der Waals surface area contributed by atoms with Gasteiger partial charge in [0.05, 0.1) is 6.04 Å². The Morgan fingerprint density at radius 2 is 2.05 bits per heavy atom. The smallest absolute Gasteiger partial charge is 0.123 e. The van der Waals surface area contributed by atoms with Crippen molar-refractivity contribution >= 4 is 43.7 Å². The van der Waals surface area contributed by atoms with Gasteiger partial charge in [-0.2, -0.15) is 0 Å². The van der Waals surface area contributed by atoms with Gasteiger partial charge in [-0.1, -0.05) is 11.6 Å². The van der Waals surface area contributed by atoms with Crippen LogP contribution in [-0.4, -0.2) is 0 Å². The number of rotatable bonds is 3. The van der Waals surface area contributed by atoms with Crippen LogP contribution in [0.15, 0.2) is 35.7 Å². The molecule has 19 heavy (non-hydrogen) atoms. The summed E-state index contributed by atoms with van der Waals surface area (Å²) in [6, 6.07) is 8.14. The minimum atomic E-state index is -0.321. The maximum absolute atomic E-state index is 13.4. The summed E-state index contributed by atoms with van der Waals surface area (Å²) in [4.78, 5) is 1.02. The minimum absolute atomic E-state index is 0.298. The molecule has 6 heteroatoms. The van der Waals surface area contributed by atoms with Crippen molar-refractivity contribution in [1.29, 1.82) is 0 Å². The lowest BCUT2D eigenvalue weighted by molar-refractivity contribution is 0.609. The van der Waals surface area contributed by atoms with Crippen LogP contribution in [0.4, 0.5) is 4.39 Å². The Kier molecular flexibility index (Phi) is 3.56. The molecule has 1 atom stereocenters. The predicted molar refractivity (Wildman–Crippen MR) is 80.3 cm³/mol. The van der Waals surface area contributed by atoms with Crippen LogP contribution in [0.5, 0.6) is 0 Å². The van der Waals surface area contributed by atoms with E-state index in [-0.39, 0.29) is 11.9 Å². The molecular formula is C13H10ClFN2S2. The van der Waals surface area contributed by atoms with E-state index in [9.17, 15) is 4.39 Å². The highest BCUT2D eigenvalue weighted by molar-refractivity contribution is 7.27. The summed E-state index contributed by atoms with van der Waals surface area (Å²) in [5.41, 5.74) is 3.37. The molecule has 1 unspecified atom stereocenters. The SMILES string of the molecule is NNC(c1cc2sccc2s1)c1cc(F)ccc1Cl. The number of halogens is 2. The molecule has 1 aromatic carbocycles. The Hall–Kier alpha value is -0.980. The molecule has 0 saturated heterocycles. The normalized spacial score (nSPS) is 13.0. The molecule has 0 amide bonds. The summed E-state index contributed by atoms with van der Waals surface area (Å²) in [5, 5.41) is 2.55. The van der Waals surface area contributed by atoms with Gasteiger partial charge in [-0.15, -0.1) is 22.7 Å². The first kappa shape index (κ1) is 13.0. The molecule has 2 heterocycles. The fraction of sp³-hybridized carbons (Fsp3) is 0.0769. The Bertz CT molecular complexity index is 694. The van der Waals surface area contributed by atoms with Gasteiger partial charge in [-0.3, -0.25) is 5.84 Å². The van der Waals surface area contributed by atoms with E-state index in [0.717, 1.165) is 4.88 Å².